The van der Waals surface area contributed by atoms with Crippen LogP contribution in [0.25, 0.3) is 22.4 Å². The Bertz CT molecular complexity index is 1130. The Morgan fingerprint density at radius 1 is 0.941 bits per heavy atom. The topological polar surface area (TPSA) is 63.0 Å². The van der Waals surface area contributed by atoms with Gasteiger partial charge >= 0.3 is 0 Å². The molecule has 7 heteroatoms. The molecule has 0 radical (unpaired) electrons. The summed E-state index contributed by atoms with van der Waals surface area (Å²) in [4.78, 5) is 9.71. The van der Waals surface area contributed by atoms with Crippen LogP contribution in [0.2, 0.25) is 0 Å². The van der Waals surface area contributed by atoms with Crippen molar-refractivity contribution >= 4 is 16.6 Å². The van der Waals surface area contributed by atoms with E-state index in [1.807, 2.05) is 25.1 Å². The van der Waals surface area contributed by atoms with E-state index in [4.69, 9.17) is 18.9 Å². The highest BCUT2D eigenvalue weighted by Gasteiger charge is 2.23. The summed E-state index contributed by atoms with van der Waals surface area (Å²) in [6.45, 7) is 6.25. The summed E-state index contributed by atoms with van der Waals surface area (Å²) in [7, 11) is 6.06. The lowest BCUT2D eigenvalue weighted by Gasteiger charge is -2.31. The van der Waals surface area contributed by atoms with E-state index in [1.165, 1.54) is 0 Å². The number of ether oxygens (including phenoxy) is 2. The van der Waals surface area contributed by atoms with E-state index in [-0.39, 0.29) is 6.10 Å². The SMILES string of the molecule is COc1cc2c(NC3CCN(C)CC3)cc(-c3ccc(C)o3)nc2cc1OC1CCN(C)CC1. The number of pyridine rings is 1. The monoisotopic (exact) mass is 464 g/mol. The third kappa shape index (κ3) is 5.00. The Hall–Kier alpha value is -2.77. The molecule has 3 aromatic rings. The zero-order valence-corrected chi connectivity index (χ0v) is 20.8. The number of anilines is 1. The molecule has 182 valence electrons. The lowest BCUT2D eigenvalue weighted by atomic mass is 10.0. The summed E-state index contributed by atoms with van der Waals surface area (Å²) < 4.78 is 18.1. The quantitative estimate of drug-likeness (QED) is 0.563. The lowest BCUT2D eigenvalue weighted by molar-refractivity contribution is 0.111. The summed E-state index contributed by atoms with van der Waals surface area (Å²) in [5, 5.41) is 4.85. The van der Waals surface area contributed by atoms with Gasteiger partial charge in [0, 0.05) is 36.3 Å². The van der Waals surface area contributed by atoms with Gasteiger partial charge in [-0.05, 0) is 84.1 Å². The first-order valence-electron chi connectivity index (χ1n) is 12.4. The molecule has 34 heavy (non-hydrogen) atoms. The summed E-state index contributed by atoms with van der Waals surface area (Å²) >= 11 is 0. The van der Waals surface area contributed by atoms with Crippen molar-refractivity contribution in [2.24, 2.45) is 0 Å². The van der Waals surface area contributed by atoms with Crippen LogP contribution < -0.4 is 14.8 Å². The molecule has 4 heterocycles. The molecule has 0 bridgehead atoms. The number of nitrogens with one attached hydrogen (secondary N) is 1. The van der Waals surface area contributed by atoms with Crippen LogP contribution >= 0.6 is 0 Å². The molecule has 2 aliphatic rings. The van der Waals surface area contributed by atoms with Crippen molar-refractivity contribution in [1.29, 1.82) is 0 Å². The van der Waals surface area contributed by atoms with Gasteiger partial charge in [0.1, 0.15) is 17.6 Å². The van der Waals surface area contributed by atoms with Crippen molar-refractivity contribution in [2.75, 3.05) is 52.7 Å². The van der Waals surface area contributed by atoms with Crippen molar-refractivity contribution in [3.63, 3.8) is 0 Å². The Morgan fingerprint density at radius 2 is 1.65 bits per heavy atom. The zero-order chi connectivity index (χ0) is 23.7. The number of rotatable bonds is 6. The predicted molar refractivity (Wildman–Crippen MR) is 136 cm³/mol. The van der Waals surface area contributed by atoms with E-state index < -0.39 is 0 Å². The molecular formula is C27H36N4O3. The molecule has 2 aliphatic heterocycles. The molecule has 0 saturated carbocycles. The van der Waals surface area contributed by atoms with Crippen molar-refractivity contribution in [2.45, 2.75) is 44.8 Å². The van der Waals surface area contributed by atoms with Gasteiger partial charge in [-0.15, -0.1) is 0 Å². The molecule has 5 rings (SSSR count). The number of hydrogen-bond donors (Lipinski definition) is 1. The zero-order valence-electron chi connectivity index (χ0n) is 20.8. The first-order valence-corrected chi connectivity index (χ1v) is 12.4. The second kappa shape index (κ2) is 9.84. The van der Waals surface area contributed by atoms with Gasteiger partial charge in [-0.25, -0.2) is 4.98 Å². The highest BCUT2D eigenvalue weighted by atomic mass is 16.5. The van der Waals surface area contributed by atoms with Crippen LogP contribution in [0.4, 0.5) is 5.69 Å². The van der Waals surface area contributed by atoms with E-state index in [2.05, 4.69) is 41.3 Å². The maximum atomic E-state index is 6.44. The molecule has 0 aliphatic carbocycles. The minimum atomic E-state index is 0.190. The van der Waals surface area contributed by atoms with Crippen molar-refractivity contribution in [3.8, 4) is 23.0 Å². The standard InChI is InChI=1S/C27H36N4O3/c1-18-5-6-25(33-18)24-16-22(28-19-7-11-30(2)12-8-19)21-15-26(32-4)27(17-23(21)29-24)34-20-9-13-31(3)14-10-20/h5-6,15-17,19-20H,7-14H2,1-4H3,(H,28,29). The second-order valence-electron chi connectivity index (χ2n) is 9.83. The van der Waals surface area contributed by atoms with Gasteiger partial charge in [-0.2, -0.15) is 0 Å². The molecule has 7 nitrogen and oxygen atoms in total. The number of aryl methyl sites for hydroxylation is 1. The lowest BCUT2D eigenvalue weighted by Crippen LogP contribution is -2.36. The molecule has 0 atom stereocenters. The highest BCUT2D eigenvalue weighted by Crippen LogP contribution is 2.38. The average molecular weight is 465 g/mol. The molecule has 2 saturated heterocycles. The Morgan fingerprint density at radius 3 is 2.29 bits per heavy atom. The largest absolute Gasteiger partial charge is 0.493 e. The fraction of sp³-hybridized carbons (Fsp3) is 0.519. The molecule has 0 amide bonds. The van der Waals surface area contributed by atoms with E-state index in [0.29, 0.717) is 6.04 Å². The number of nitrogens with zero attached hydrogens (tertiary/aromatic N) is 3. The van der Waals surface area contributed by atoms with Crippen molar-refractivity contribution < 1.29 is 13.9 Å². The molecule has 1 aromatic carbocycles. The van der Waals surface area contributed by atoms with Gasteiger partial charge in [-0.3, -0.25) is 0 Å². The number of benzene rings is 1. The molecule has 2 aromatic heterocycles. The number of piperidine rings is 2. The molecule has 1 N–H and O–H groups in total. The van der Waals surface area contributed by atoms with Gasteiger partial charge in [0.15, 0.2) is 17.3 Å². The fourth-order valence-corrected chi connectivity index (χ4v) is 4.96. The number of fused-ring (bicyclic) bond motifs is 1. The van der Waals surface area contributed by atoms with Crippen LogP contribution in [0.1, 0.15) is 31.4 Å². The Labute approximate surface area is 202 Å². The van der Waals surface area contributed by atoms with Crippen LogP contribution in [0.5, 0.6) is 11.5 Å². The second-order valence-corrected chi connectivity index (χ2v) is 9.83. The Kier molecular flexibility index (Phi) is 6.66. The van der Waals surface area contributed by atoms with Crippen LogP contribution in [0.3, 0.4) is 0 Å². The van der Waals surface area contributed by atoms with Gasteiger partial charge < -0.3 is 29.0 Å². The van der Waals surface area contributed by atoms with Crippen LogP contribution in [0.15, 0.2) is 34.7 Å². The third-order valence-electron chi connectivity index (χ3n) is 7.12. The Balaban J connectivity index is 1.53. The molecule has 0 spiro atoms. The van der Waals surface area contributed by atoms with Crippen LogP contribution in [0, 0.1) is 6.92 Å². The summed E-state index contributed by atoms with van der Waals surface area (Å²) in [5.41, 5.74) is 2.77. The van der Waals surface area contributed by atoms with E-state index in [1.54, 1.807) is 7.11 Å². The third-order valence-corrected chi connectivity index (χ3v) is 7.12. The number of methoxy groups -OCH3 is 1. The van der Waals surface area contributed by atoms with E-state index in [0.717, 1.165) is 97.2 Å². The summed E-state index contributed by atoms with van der Waals surface area (Å²) in [6.07, 6.45) is 4.45. The van der Waals surface area contributed by atoms with E-state index >= 15 is 0 Å². The summed E-state index contributed by atoms with van der Waals surface area (Å²) in [6, 6.07) is 10.6. The number of hydrogen-bond acceptors (Lipinski definition) is 7. The van der Waals surface area contributed by atoms with Crippen LogP contribution in [-0.4, -0.2) is 74.3 Å². The first-order chi connectivity index (χ1) is 16.5. The maximum absolute atomic E-state index is 6.44. The number of aromatic nitrogens is 1. The fourth-order valence-electron chi connectivity index (χ4n) is 4.96. The van der Waals surface area contributed by atoms with Crippen LogP contribution in [-0.2, 0) is 0 Å². The highest BCUT2D eigenvalue weighted by molar-refractivity contribution is 5.95. The van der Waals surface area contributed by atoms with Gasteiger partial charge in [0.05, 0.1) is 12.6 Å². The smallest absolute Gasteiger partial charge is 0.163 e. The minimum absolute atomic E-state index is 0.190. The number of likely N-dealkylation sites (tertiary alicyclic amines) is 2. The molecule has 2 fully saturated rings. The van der Waals surface area contributed by atoms with Gasteiger partial charge in [-0.1, -0.05) is 0 Å². The molecule has 0 unspecified atom stereocenters. The van der Waals surface area contributed by atoms with Crippen molar-refractivity contribution in [3.05, 3.63) is 36.1 Å². The normalized spacial score (nSPS) is 18.9. The van der Waals surface area contributed by atoms with E-state index in [9.17, 15) is 0 Å². The summed E-state index contributed by atoms with van der Waals surface area (Å²) in [5.74, 6) is 3.17. The van der Waals surface area contributed by atoms with Gasteiger partial charge in [0.2, 0.25) is 0 Å². The molecular weight excluding hydrogens is 428 g/mol. The average Bonchev–Trinajstić information content (AvgIpc) is 3.28. The van der Waals surface area contributed by atoms with Crippen molar-refractivity contribution in [1.82, 2.24) is 14.8 Å². The van der Waals surface area contributed by atoms with Gasteiger partial charge in [0.25, 0.3) is 0 Å². The maximum Gasteiger partial charge on any atom is 0.163 e. The number of furan rings is 1. The predicted octanol–water partition coefficient (Wildman–Crippen LogP) is 4.79. The first kappa shape index (κ1) is 23.0. The minimum Gasteiger partial charge on any atom is -0.493 e.